The predicted molar refractivity (Wildman–Crippen MR) is 101 cm³/mol. The zero-order valence-corrected chi connectivity index (χ0v) is 15.9. The molecule has 3 atom stereocenters. The topological polar surface area (TPSA) is 70.7 Å². The van der Waals surface area contributed by atoms with Gasteiger partial charge in [0.05, 0.1) is 12.8 Å². The molecule has 0 aliphatic carbocycles. The van der Waals surface area contributed by atoms with Crippen molar-refractivity contribution in [3.63, 3.8) is 0 Å². The number of anilines is 1. The van der Waals surface area contributed by atoms with E-state index in [-0.39, 0.29) is 17.7 Å². The first-order valence-corrected chi connectivity index (χ1v) is 9.49. The van der Waals surface area contributed by atoms with E-state index in [2.05, 4.69) is 17.6 Å². The van der Waals surface area contributed by atoms with Gasteiger partial charge in [-0.25, -0.2) is 0 Å². The minimum atomic E-state index is -0.391. The second kappa shape index (κ2) is 8.08. The van der Waals surface area contributed by atoms with Crippen LogP contribution in [0, 0.1) is 12.8 Å². The van der Waals surface area contributed by atoms with E-state index in [1.165, 1.54) is 0 Å². The number of methoxy groups -OCH3 is 1. The lowest BCUT2D eigenvalue weighted by Crippen LogP contribution is -2.48. The van der Waals surface area contributed by atoms with Crippen molar-refractivity contribution < 1.29 is 14.3 Å². The number of rotatable bonds is 4. The lowest BCUT2D eigenvalue weighted by atomic mass is 9.91. The molecule has 6 nitrogen and oxygen atoms in total. The Hall–Kier alpha value is -2.08. The van der Waals surface area contributed by atoms with E-state index in [0.29, 0.717) is 30.4 Å². The first-order valence-electron chi connectivity index (χ1n) is 9.49. The molecule has 142 valence electrons. The summed E-state index contributed by atoms with van der Waals surface area (Å²) in [5.41, 5.74) is 1.71. The number of hydrogen-bond donors (Lipinski definition) is 2. The van der Waals surface area contributed by atoms with E-state index in [4.69, 9.17) is 4.74 Å². The van der Waals surface area contributed by atoms with Crippen molar-refractivity contribution in [2.45, 2.75) is 51.6 Å². The van der Waals surface area contributed by atoms with Crippen LogP contribution in [0.15, 0.2) is 18.2 Å². The molecule has 2 N–H and O–H groups in total. The lowest BCUT2D eigenvalue weighted by Gasteiger charge is -2.32. The molecule has 1 aromatic carbocycles. The lowest BCUT2D eigenvalue weighted by molar-refractivity contribution is -0.141. The number of nitrogens with one attached hydrogen (secondary N) is 2. The van der Waals surface area contributed by atoms with Gasteiger partial charge in [-0.15, -0.1) is 0 Å². The first-order chi connectivity index (χ1) is 12.5. The molecular formula is C20H29N3O3. The molecule has 0 radical (unpaired) electrons. The molecule has 3 rings (SSSR count). The Morgan fingerprint density at radius 1 is 1.31 bits per heavy atom. The number of carbonyl (C=O) groups excluding carboxylic acids is 2. The van der Waals surface area contributed by atoms with Crippen LogP contribution in [-0.2, 0) is 9.59 Å². The Morgan fingerprint density at radius 3 is 2.85 bits per heavy atom. The molecule has 0 bridgehead atoms. The molecule has 2 aliphatic rings. The predicted octanol–water partition coefficient (Wildman–Crippen LogP) is 2.32. The highest BCUT2D eigenvalue weighted by Crippen LogP contribution is 2.29. The zero-order valence-electron chi connectivity index (χ0n) is 15.9. The summed E-state index contributed by atoms with van der Waals surface area (Å²) in [6.07, 6.45) is 3.27. The van der Waals surface area contributed by atoms with Gasteiger partial charge >= 0.3 is 0 Å². The number of amides is 2. The molecule has 6 heteroatoms. The number of piperidine rings is 1. The van der Waals surface area contributed by atoms with E-state index in [1.807, 2.05) is 25.1 Å². The molecule has 0 spiro atoms. The zero-order chi connectivity index (χ0) is 18.7. The number of likely N-dealkylation sites (tertiary alicyclic amines) is 1. The third kappa shape index (κ3) is 4.01. The van der Waals surface area contributed by atoms with Crippen LogP contribution in [0.5, 0.6) is 5.75 Å². The van der Waals surface area contributed by atoms with Crippen molar-refractivity contribution in [2.24, 2.45) is 5.92 Å². The highest BCUT2D eigenvalue weighted by molar-refractivity contribution is 5.98. The Balaban J connectivity index is 1.70. The van der Waals surface area contributed by atoms with Crippen molar-refractivity contribution in [2.75, 3.05) is 25.5 Å². The van der Waals surface area contributed by atoms with Crippen molar-refractivity contribution in [1.82, 2.24) is 10.2 Å². The molecule has 2 amide bonds. The molecule has 26 heavy (non-hydrogen) atoms. The maximum Gasteiger partial charge on any atom is 0.247 e. The second-order valence-corrected chi connectivity index (χ2v) is 7.46. The third-order valence-corrected chi connectivity index (χ3v) is 5.42. The summed E-state index contributed by atoms with van der Waals surface area (Å²) in [5.74, 6) is 0.661. The molecule has 1 aromatic rings. The molecule has 2 saturated heterocycles. The minimum Gasteiger partial charge on any atom is -0.495 e. The third-order valence-electron chi connectivity index (χ3n) is 5.42. The van der Waals surface area contributed by atoms with Crippen LogP contribution in [0.1, 0.15) is 38.2 Å². The number of ether oxygens (including phenoxy) is 1. The molecule has 0 aromatic heterocycles. The fourth-order valence-electron chi connectivity index (χ4n) is 4.03. The molecular weight excluding hydrogens is 330 g/mol. The van der Waals surface area contributed by atoms with Gasteiger partial charge in [-0.3, -0.25) is 9.59 Å². The smallest absolute Gasteiger partial charge is 0.247 e. The molecule has 2 aliphatic heterocycles. The average Bonchev–Trinajstić information content (AvgIpc) is 3.11. The first kappa shape index (κ1) is 18.7. The van der Waals surface area contributed by atoms with Crippen molar-refractivity contribution >= 4 is 17.5 Å². The van der Waals surface area contributed by atoms with E-state index < -0.39 is 6.04 Å². The molecule has 1 unspecified atom stereocenters. The van der Waals surface area contributed by atoms with Gasteiger partial charge in [-0.1, -0.05) is 6.07 Å². The van der Waals surface area contributed by atoms with E-state index in [0.717, 1.165) is 31.4 Å². The maximum absolute atomic E-state index is 13.0. The summed E-state index contributed by atoms with van der Waals surface area (Å²) < 4.78 is 5.34. The normalized spacial score (nSPS) is 25.8. The van der Waals surface area contributed by atoms with Crippen LogP contribution in [0.2, 0.25) is 0 Å². The summed E-state index contributed by atoms with van der Waals surface area (Å²) in [6, 6.07) is 5.64. The quantitative estimate of drug-likeness (QED) is 0.866. The molecule has 2 heterocycles. The number of aryl methyl sites for hydroxylation is 1. The fourth-order valence-corrected chi connectivity index (χ4v) is 4.03. The van der Waals surface area contributed by atoms with Gasteiger partial charge in [0.15, 0.2) is 0 Å². The van der Waals surface area contributed by atoms with Crippen LogP contribution < -0.4 is 15.4 Å². The number of carbonyl (C=O) groups is 2. The summed E-state index contributed by atoms with van der Waals surface area (Å²) in [6.45, 7) is 5.61. The summed E-state index contributed by atoms with van der Waals surface area (Å²) in [4.78, 5) is 27.7. The molecule has 2 fully saturated rings. The van der Waals surface area contributed by atoms with Gasteiger partial charge in [-0.05, 0) is 63.8 Å². The van der Waals surface area contributed by atoms with Crippen molar-refractivity contribution in [1.29, 1.82) is 0 Å². The monoisotopic (exact) mass is 359 g/mol. The van der Waals surface area contributed by atoms with Gasteiger partial charge < -0.3 is 20.3 Å². The second-order valence-electron chi connectivity index (χ2n) is 7.46. The number of nitrogens with zero attached hydrogens (tertiary/aromatic N) is 1. The Bertz CT molecular complexity index is 676. The largest absolute Gasteiger partial charge is 0.495 e. The minimum absolute atomic E-state index is 0.0214. The Kier molecular flexibility index (Phi) is 5.81. The Labute approximate surface area is 155 Å². The van der Waals surface area contributed by atoms with Crippen molar-refractivity contribution in [3.05, 3.63) is 23.8 Å². The number of hydrogen-bond acceptors (Lipinski definition) is 4. The van der Waals surface area contributed by atoms with Crippen molar-refractivity contribution in [3.8, 4) is 5.75 Å². The van der Waals surface area contributed by atoms with Gasteiger partial charge in [0.2, 0.25) is 11.8 Å². The van der Waals surface area contributed by atoms with E-state index in [9.17, 15) is 9.59 Å². The standard InChI is InChI=1S/C20H29N3O3/c1-13-6-7-18(26-3)16(11-13)22-19(24)17-5-4-10-23(17)20(25)15-8-9-21-14(2)12-15/h6-7,11,14-15,17,21H,4-5,8-10,12H2,1-3H3,(H,22,24)/t14-,15-,17?/m0/s1. The van der Waals surface area contributed by atoms with Crippen LogP contribution in [0.4, 0.5) is 5.69 Å². The highest BCUT2D eigenvalue weighted by Gasteiger charge is 2.38. The SMILES string of the molecule is COc1ccc(C)cc1NC(=O)C1CCCN1C(=O)[C@H]1CCN[C@@H](C)C1. The van der Waals surface area contributed by atoms with Crippen LogP contribution in [0.25, 0.3) is 0 Å². The highest BCUT2D eigenvalue weighted by atomic mass is 16.5. The summed E-state index contributed by atoms with van der Waals surface area (Å²) in [5, 5.41) is 6.35. The fraction of sp³-hybridized carbons (Fsp3) is 0.600. The van der Waals surface area contributed by atoms with E-state index >= 15 is 0 Å². The van der Waals surface area contributed by atoms with Crippen LogP contribution >= 0.6 is 0 Å². The maximum atomic E-state index is 13.0. The molecule has 0 saturated carbocycles. The van der Waals surface area contributed by atoms with Crippen LogP contribution in [-0.4, -0.2) is 49.0 Å². The summed E-state index contributed by atoms with van der Waals surface area (Å²) in [7, 11) is 1.59. The van der Waals surface area contributed by atoms with Gasteiger partial charge in [0.1, 0.15) is 11.8 Å². The van der Waals surface area contributed by atoms with Gasteiger partial charge in [0.25, 0.3) is 0 Å². The van der Waals surface area contributed by atoms with Gasteiger partial charge in [0, 0.05) is 18.5 Å². The summed E-state index contributed by atoms with van der Waals surface area (Å²) >= 11 is 0. The Morgan fingerprint density at radius 2 is 2.12 bits per heavy atom. The average molecular weight is 359 g/mol. The number of benzene rings is 1. The van der Waals surface area contributed by atoms with E-state index in [1.54, 1.807) is 12.0 Å². The van der Waals surface area contributed by atoms with Gasteiger partial charge in [-0.2, -0.15) is 0 Å². The van der Waals surface area contributed by atoms with Crippen LogP contribution in [0.3, 0.4) is 0 Å².